The maximum absolute atomic E-state index is 9.36. The number of nitrogens with two attached hydrogens (primary N) is 1. The number of nitriles is 1. The van der Waals surface area contributed by atoms with Crippen LogP contribution in [-0.4, -0.2) is 24.1 Å². The number of fused-ring (bicyclic) bond motifs is 1. The third kappa shape index (κ3) is 2.21. The van der Waals surface area contributed by atoms with Crippen molar-refractivity contribution in [3.05, 3.63) is 35.9 Å². The fourth-order valence-corrected chi connectivity index (χ4v) is 2.95. The lowest BCUT2D eigenvalue weighted by atomic mass is 10.0. The van der Waals surface area contributed by atoms with Crippen molar-refractivity contribution in [2.24, 2.45) is 5.73 Å². The van der Waals surface area contributed by atoms with Crippen LogP contribution in [0.15, 0.2) is 30.3 Å². The molecule has 0 spiro atoms. The van der Waals surface area contributed by atoms with Gasteiger partial charge in [0.15, 0.2) is 0 Å². The summed E-state index contributed by atoms with van der Waals surface area (Å²) < 4.78 is 0. The Morgan fingerprint density at radius 1 is 1.35 bits per heavy atom. The zero-order valence-corrected chi connectivity index (χ0v) is 11.4. The molecule has 1 fully saturated rings. The minimum Gasteiger partial charge on any atom is -0.352 e. The summed E-state index contributed by atoms with van der Waals surface area (Å²) in [6.07, 6.45) is 3.48. The molecule has 0 saturated carbocycles. The van der Waals surface area contributed by atoms with E-state index in [1.54, 1.807) is 0 Å². The number of rotatable bonds is 2. The average molecular weight is 266 g/mol. The lowest BCUT2D eigenvalue weighted by molar-refractivity contribution is 0.462. The molecule has 1 aromatic heterocycles. The molecule has 4 heteroatoms. The highest BCUT2D eigenvalue weighted by Gasteiger charge is 2.23. The van der Waals surface area contributed by atoms with Crippen LogP contribution in [0.5, 0.6) is 0 Å². The third-order valence-corrected chi connectivity index (χ3v) is 4.02. The summed E-state index contributed by atoms with van der Waals surface area (Å²) in [5.74, 6) is 0.885. The van der Waals surface area contributed by atoms with Gasteiger partial charge in [-0.1, -0.05) is 18.2 Å². The highest BCUT2D eigenvalue weighted by Crippen LogP contribution is 2.27. The van der Waals surface area contributed by atoms with E-state index >= 15 is 0 Å². The van der Waals surface area contributed by atoms with Crippen LogP contribution in [0.1, 0.15) is 24.8 Å². The zero-order valence-electron chi connectivity index (χ0n) is 11.4. The average Bonchev–Trinajstić information content (AvgIpc) is 2.53. The molecule has 0 radical (unpaired) electrons. The molecule has 3 rings (SSSR count). The number of anilines is 1. The van der Waals surface area contributed by atoms with Gasteiger partial charge >= 0.3 is 0 Å². The van der Waals surface area contributed by atoms with Crippen molar-refractivity contribution >= 4 is 16.7 Å². The van der Waals surface area contributed by atoms with Crippen LogP contribution in [0.3, 0.4) is 0 Å². The Bertz CT molecular complexity index is 659. The topological polar surface area (TPSA) is 65.9 Å². The molecule has 1 aliphatic heterocycles. The van der Waals surface area contributed by atoms with E-state index < -0.39 is 0 Å². The number of pyridine rings is 1. The third-order valence-electron chi connectivity index (χ3n) is 4.02. The molecular weight excluding hydrogens is 248 g/mol. The van der Waals surface area contributed by atoms with E-state index in [1.165, 1.54) is 6.42 Å². The normalized spacial score (nSPS) is 19.0. The number of hydrogen-bond donors (Lipinski definition) is 1. The lowest BCUT2D eigenvalue weighted by Gasteiger charge is -2.36. The fraction of sp³-hybridized carbons (Fsp3) is 0.375. The molecule has 1 aliphatic rings. The van der Waals surface area contributed by atoms with E-state index in [9.17, 15) is 5.26 Å². The Morgan fingerprint density at radius 3 is 3.00 bits per heavy atom. The molecule has 20 heavy (non-hydrogen) atoms. The predicted molar refractivity (Wildman–Crippen MR) is 80.5 cm³/mol. The number of para-hydroxylation sites is 1. The number of nitrogens with zero attached hydrogens (tertiary/aromatic N) is 3. The highest BCUT2D eigenvalue weighted by molar-refractivity contribution is 5.86. The van der Waals surface area contributed by atoms with Gasteiger partial charge in [-0.3, -0.25) is 0 Å². The summed E-state index contributed by atoms with van der Waals surface area (Å²) in [6, 6.07) is 12.3. The van der Waals surface area contributed by atoms with Gasteiger partial charge < -0.3 is 10.6 Å². The van der Waals surface area contributed by atoms with Crippen molar-refractivity contribution < 1.29 is 0 Å². The Kier molecular flexibility index (Phi) is 3.53. The lowest BCUT2D eigenvalue weighted by Crippen LogP contribution is -2.44. The second-order valence-corrected chi connectivity index (χ2v) is 5.24. The van der Waals surface area contributed by atoms with Crippen molar-refractivity contribution in [2.45, 2.75) is 25.3 Å². The quantitative estimate of drug-likeness (QED) is 0.906. The van der Waals surface area contributed by atoms with E-state index in [-0.39, 0.29) is 0 Å². The van der Waals surface area contributed by atoms with E-state index in [2.05, 4.69) is 11.0 Å². The van der Waals surface area contributed by atoms with E-state index in [1.807, 2.05) is 30.3 Å². The van der Waals surface area contributed by atoms with Crippen molar-refractivity contribution in [3.63, 3.8) is 0 Å². The van der Waals surface area contributed by atoms with Crippen molar-refractivity contribution in [1.29, 1.82) is 5.26 Å². The van der Waals surface area contributed by atoms with Crippen LogP contribution in [0, 0.1) is 11.3 Å². The van der Waals surface area contributed by atoms with Gasteiger partial charge in [0, 0.05) is 24.5 Å². The maximum Gasteiger partial charge on any atom is 0.130 e. The predicted octanol–water partition coefficient (Wildman–Crippen LogP) is 2.42. The molecule has 0 amide bonds. The molecular formula is C16H18N4. The first kappa shape index (κ1) is 12.9. The number of benzene rings is 1. The summed E-state index contributed by atoms with van der Waals surface area (Å²) in [7, 11) is 0. The maximum atomic E-state index is 9.36. The smallest absolute Gasteiger partial charge is 0.130 e. The first-order valence-corrected chi connectivity index (χ1v) is 7.10. The summed E-state index contributed by atoms with van der Waals surface area (Å²) in [4.78, 5) is 6.99. The standard InChI is InChI=1S/C16H18N4/c17-10-12-9-16(19-15-7-2-1-6-14(12)15)20-8-4-3-5-13(20)11-18/h1-2,6-7,9,13H,3-5,8,11,18H2. The second-order valence-electron chi connectivity index (χ2n) is 5.24. The van der Waals surface area contributed by atoms with Gasteiger partial charge in [0.25, 0.3) is 0 Å². The molecule has 4 nitrogen and oxygen atoms in total. The van der Waals surface area contributed by atoms with Gasteiger partial charge in [-0.2, -0.15) is 5.26 Å². The molecule has 1 atom stereocenters. The monoisotopic (exact) mass is 266 g/mol. The Hall–Kier alpha value is -2.12. The molecule has 2 aromatic rings. The van der Waals surface area contributed by atoms with Crippen LogP contribution >= 0.6 is 0 Å². The number of piperidine rings is 1. The van der Waals surface area contributed by atoms with E-state index in [0.717, 1.165) is 36.1 Å². The van der Waals surface area contributed by atoms with Crippen LogP contribution in [0.25, 0.3) is 10.9 Å². The van der Waals surface area contributed by atoms with Gasteiger partial charge in [0.1, 0.15) is 5.82 Å². The molecule has 0 aliphatic carbocycles. The highest BCUT2D eigenvalue weighted by atomic mass is 15.2. The molecule has 102 valence electrons. The van der Waals surface area contributed by atoms with Crippen LogP contribution < -0.4 is 10.6 Å². The van der Waals surface area contributed by atoms with Gasteiger partial charge in [-0.05, 0) is 31.4 Å². The summed E-state index contributed by atoms with van der Waals surface area (Å²) in [6.45, 7) is 1.61. The second kappa shape index (κ2) is 5.48. The van der Waals surface area contributed by atoms with Crippen molar-refractivity contribution in [3.8, 4) is 6.07 Å². The van der Waals surface area contributed by atoms with Crippen LogP contribution in [0.4, 0.5) is 5.82 Å². The van der Waals surface area contributed by atoms with E-state index in [0.29, 0.717) is 18.2 Å². The summed E-state index contributed by atoms with van der Waals surface area (Å²) >= 11 is 0. The molecule has 1 saturated heterocycles. The fourth-order valence-electron chi connectivity index (χ4n) is 2.95. The first-order valence-electron chi connectivity index (χ1n) is 7.10. The first-order chi connectivity index (χ1) is 9.83. The van der Waals surface area contributed by atoms with Gasteiger partial charge in [-0.25, -0.2) is 4.98 Å². The van der Waals surface area contributed by atoms with Crippen LogP contribution in [-0.2, 0) is 0 Å². The molecule has 2 heterocycles. The Labute approximate surface area is 118 Å². The largest absolute Gasteiger partial charge is 0.352 e. The van der Waals surface area contributed by atoms with Crippen molar-refractivity contribution in [2.75, 3.05) is 18.0 Å². The minimum absolute atomic E-state index is 0.337. The molecule has 1 aromatic carbocycles. The summed E-state index contributed by atoms with van der Waals surface area (Å²) in [5.41, 5.74) is 7.44. The minimum atomic E-state index is 0.337. The number of aromatic nitrogens is 1. The SMILES string of the molecule is N#Cc1cc(N2CCCCC2CN)nc2ccccc12. The van der Waals surface area contributed by atoms with Gasteiger partial charge in [-0.15, -0.1) is 0 Å². The van der Waals surface area contributed by atoms with Gasteiger partial charge in [0.2, 0.25) is 0 Å². The van der Waals surface area contributed by atoms with Crippen LogP contribution in [0.2, 0.25) is 0 Å². The number of hydrogen-bond acceptors (Lipinski definition) is 4. The zero-order chi connectivity index (χ0) is 13.9. The summed E-state index contributed by atoms with van der Waals surface area (Å²) in [5, 5.41) is 10.3. The van der Waals surface area contributed by atoms with E-state index in [4.69, 9.17) is 10.7 Å². The Morgan fingerprint density at radius 2 is 2.20 bits per heavy atom. The van der Waals surface area contributed by atoms with Gasteiger partial charge in [0.05, 0.1) is 17.1 Å². The molecule has 2 N–H and O–H groups in total. The van der Waals surface area contributed by atoms with Crippen molar-refractivity contribution in [1.82, 2.24) is 4.98 Å². The Balaban J connectivity index is 2.09. The molecule has 0 bridgehead atoms. The molecule has 1 unspecified atom stereocenters.